The fraction of sp³-hybridized carbons (Fsp3) is 0.611. The summed E-state index contributed by atoms with van der Waals surface area (Å²) < 4.78 is 27.1. The molecule has 0 aromatic heterocycles. The fourth-order valence-electron chi connectivity index (χ4n) is 3.83. The number of nitrogens with zero attached hydrogens (tertiary/aromatic N) is 2. The lowest BCUT2D eigenvalue weighted by molar-refractivity contribution is 0.305. The highest BCUT2D eigenvalue weighted by Gasteiger charge is 2.38. The van der Waals surface area contributed by atoms with Crippen molar-refractivity contribution < 1.29 is 8.42 Å². The van der Waals surface area contributed by atoms with Gasteiger partial charge < -0.3 is 10.6 Å². The molecule has 3 N–H and O–H groups in total. The smallest absolute Gasteiger partial charge is 0.266 e. The summed E-state index contributed by atoms with van der Waals surface area (Å²) in [6.07, 6.45) is 7.68. The number of nitrogens with two attached hydrogens (primary N) is 1. The molecule has 138 valence electrons. The van der Waals surface area contributed by atoms with Crippen molar-refractivity contribution in [1.82, 2.24) is 9.21 Å². The van der Waals surface area contributed by atoms with Gasteiger partial charge >= 0.3 is 0 Å². The predicted molar refractivity (Wildman–Crippen MR) is 99.0 cm³/mol. The van der Waals surface area contributed by atoms with Crippen molar-refractivity contribution in [3.05, 3.63) is 29.8 Å². The normalized spacial score (nSPS) is 20.1. The Kier molecular flexibility index (Phi) is 5.64. The Morgan fingerprint density at radius 2 is 1.68 bits per heavy atom. The minimum absolute atomic E-state index is 0.137. The van der Waals surface area contributed by atoms with Gasteiger partial charge in [0.2, 0.25) is 5.96 Å². The largest absolute Gasteiger partial charge is 0.337 e. The second-order valence-corrected chi connectivity index (χ2v) is 8.78. The third kappa shape index (κ3) is 3.82. The van der Waals surface area contributed by atoms with Gasteiger partial charge in [0, 0.05) is 12.6 Å². The van der Waals surface area contributed by atoms with Gasteiger partial charge in [0.05, 0.1) is 11.4 Å². The van der Waals surface area contributed by atoms with E-state index in [4.69, 9.17) is 11.1 Å². The van der Waals surface area contributed by atoms with Crippen LogP contribution in [0.4, 0.5) is 0 Å². The van der Waals surface area contributed by atoms with Crippen molar-refractivity contribution in [3.8, 4) is 0 Å². The van der Waals surface area contributed by atoms with Crippen LogP contribution < -0.4 is 5.73 Å². The molecule has 0 bridgehead atoms. The van der Waals surface area contributed by atoms with Crippen LogP contribution >= 0.6 is 0 Å². The molecule has 2 aliphatic rings. The average Bonchev–Trinajstić information content (AvgIpc) is 2.82. The first kappa shape index (κ1) is 18.2. The third-order valence-electron chi connectivity index (χ3n) is 5.26. The van der Waals surface area contributed by atoms with E-state index in [1.807, 2.05) is 17.0 Å². The number of guanidine groups is 1. The average molecular weight is 365 g/mol. The highest BCUT2D eigenvalue weighted by molar-refractivity contribution is 7.89. The third-order valence-corrected chi connectivity index (χ3v) is 7.07. The van der Waals surface area contributed by atoms with E-state index in [-0.39, 0.29) is 10.9 Å². The van der Waals surface area contributed by atoms with E-state index in [0.717, 1.165) is 24.8 Å². The van der Waals surface area contributed by atoms with Crippen molar-refractivity contribution in [2.24, 2.45) is 5.73 Å². The molecule has 0 atom stereocenters. The number of nitrogens with one attached hydrogen (secondary N) is 1. The van der Waals surface area contributed by atoms with Crippen LogP contribution in [0.3, 0.4) is 0 Å². The van der Waals surface area contributed by atoms with Crippen LogP contribution in [0.25, 0.3) is 0 Å². The number of hydrogen-bond acceptors (Lipinski definition) is 4. The molecule has 3 rings (SSSR count). The molecule has 1 aliphatic heterocycles. The summed E-state index contributed by atoms with van der Waals surface area (Å²) >= 11 is 0. The first-order valence-electron chi connectivity index (χ1n) is 9.21. The van der Waals surface area contributed by atoms with E-state index in [2.05, 4.69) is 0 Å². The van der Waals surface area contributed by atoms with Gasteiger partial charge in [0.25, 0.3) is 10.0 Å². The Hall–Kier alpha value is -1.60. The van der Waals surface area contributed by atoms with Crippen LogP contribution in [-0.2, 0) is 16.4 Å². The van der Waals surface area contributed by atoms with E-state index in [9.17, 15) is 8.42 Å². The topological polar surface area (TPSA) is 90.5 Å². The van der Waals surface area contributed by atoms with Crippen molar-refractivity contribution in [3.63, 3.8) is 0 Å². The number of benzene rings is 1. The minimum Gasteiger partial charge on any atom is -0.337 e. The van der Waals surface area contributed by atoms with Crippen LogP contribution in [0.15, 0.2) is 29.2 Å². The lowest BCUT2D eigenvalue weighted by Crippen LogP contribution is -2.41. The molecule has 7 heteroatoms. The zero-order valence-corrected chi connectivity index (χ0v) is 15.5. The zero-order valence-electron chi connectivity index (χ0n) is 14.7. The van der Waals surface area contributed by atoms with Gasteiger partial charge in [-0.2, -0.15) is 0 Å². The van der Waals surface area contributed by atoms with Crippen LogP contribution in [0, 0.1) is 5.41 Å². The Morgan fingerprint density at radius 3 is 2.28 bits per heavy atom. The maximum atomic E-state index is 12.9. The van der Waals surface area contributed by atoms with Gasteiger partial charge in [-0.3, -0.25) is 5.41 Å². The Labute approximate surface area is 150 Å². The molecule has 1 aliphatic carbocycles. The number of rotatable bonds is 5. The van der Waals surface area contributed by atoms with Crippen LogP contribution in [-0.4, -0.2) is 49.3 Å². The lowest BCUT2D eigenvalue weighted by Gasteiger charge is -2.29. The summed E-state index contributed by atoms with van der Waals surface area (Å²) in [5.74, 6) is 0.137. The summed E-state index contributed by atoms with van der Waals surface area (Å²) in [6, 6.07) is 7.18. The maximum absolute atomic E-state index is 12.9. The standard InChI is InChI=1S/C18H28N4O2S/c19-12-11-15-7-9-17(10-8-15)25(23,24)22-14-13-21(18(22)20)16-5-3-1-2-4-6-16/h7-10,16,20H,1-6,11-14,19H2. The van der Waals surface area contributed by atoms with Gasteiger partial charge in [-0.05, 0) is 43.5 Å². The summed E-state index contributed by atoms with van der Waals surface area (Å²) in [4.78, 5) is 2.24. The fourth-order valence-corrected chi connectivity index (χ4v) is 5.22. The van der Waals surface area contributed by atoms with Crippen molar-refractivity contribution in [1.29, 1.82) is 5.41 Å². The Morgan fingerprint density at radius 1 is 1.04 bits per heavy atom. The Bertz CT molecular complexity index is 694. The Balaban J connectivity index is 1.75. The van der Waals surface area contributed by atoms with E-state index in [1.165, 1.54) is 30.0 Å². The molecule has 1 aromatic carbocycles. The van der Waals surface area contributed by atoms with Gasteiger partial charge in [0.1, 0.15) is 0 Å². The summed E-state index contributed by atoms with van der Waals surface area (Å²) in [7, 11) is -3.66. The first-order chi connectivity index (χ1) is 12.0. The summed E-state index contributed by atoms with van der Waals surface area (Å²) in [6.45, 7) is 1.52. The van der Waals surface area contributed by atoms with Gasteiger partial charge in [0.15, 0.2) is 0 Å². The number of hydrogen-bond donors (Lipinski definition) is 2. The van der Waals surface area contributed by atoms with Crippen LogP contribution in [0.5, 0.6) is 0 Å². The van der Waals surface area contributed by atoms with E-state index >= 15 is 0 Å². The molecule has 2 fully saturated rings. The highest BCUT2D eigenvalue weighted by Crippen LogP contribution is 2.27. The van der Waals surface area contributed by atoms with E-state index < -0.39 is 10.0 Å². The van der Waals surface area contributed by atoms with E-state index in [1.54, 1.807) is 12.1 Å². The van der Waals surface area contributed by atoms with Crippen molar-refractivity contribution in [2.75, 3.05) is 19.6 Å². The molecule has 0 amide bonds. The number of sulfonamides is 1. The predicted octanol–water partition coefficient (Wildman–Crippen LogP) is 2.15. The molecule has 0 spiro atoms. The lowest BCUT2D eigenvalue weighted by atomic mass is 10.1. The molecule has 0 unspecified atom stereocenters. The van der Waals surface area contributed by atoms with Gasteiger partial charge in [-0.25, -0.2) is 12.7 Å². The summed E-state index contributed by atoms with van der Waals surface area (Å²) in [5.41, 5.74) is 6.57. The second-order valence-electron chi connectivity index (χ2n) is 6.92. The first-order valence-corrected chi connectivity index (χ1v) is 10.6. The molecule has 25 heavy (non-hydrogen) atoms. The maximum Gasteiger partial charge on any atom is 0.266 e. The molecule has 0 radical (unpaired) electrons. The van der Waals surface area contributed by atoms with Crippen LogP contribution in [0.1, 0.15) is 44.1 Å². The molecule has 1 saturated heterocycles. The molecule has 1 heterocycles. The second kappa shape index (κ2) is 7.74. The molecular weight excluding hydrogens is 336 g/mol. The molecule has 6 nitrogen and oxygen atoms in total. The zero-order chi connectivity index (χ0) is 17.9. The van der Waals surface area contributed by atoms with Crippen molar-refractivity contribution >= 4 is 16.0 Å². The molecule has 1 saturated carbocycles. The van der Waals surface area contributed by atoms with Crippen LogP contribution in [0.2, 0.25) is 0 Å². The molecule has 1 aromatic rings. The van der Waals surface area contributed by atoms with Gasteiger partial charge in [-0.15, -0.1) is 0 Å². The van der Waals surface area contributed by atoms with Gasteiger partial charge in [-0.1, -0.05) is 37.8 Å². The molecular formula is C18H28N4O2S. The van der Waals surface area contributed by atoms with Crippen molar-refractivity contribution in [2.45, 2.75) is 55.9 Å². The quantitative estimate of drug-likeness (QED) is 0.783. The monoisotopic (exact) mass is 364 g/mol. The highest BCUT2D eigenvalue weighted by atomic mass is 32.2. The minimum atomic E-state index is -3.66. The SMILES string of the molecule is N=C1N(C2CCCCCC2)CCN1S(=O)(=O)c1ccc(CCN)cc1. The van der Waals surface area contributed by atoms with E-state index in [0.29, 0.717) is 25.7 Å². The summed E-state index contributed by atoms with van der Waals surface area (Å²) in [5, 5.41) is 8.44.